The molecule has 3 rings (SSSR count). The minimum absolute atomic E-state index is 0.273. The van der Waals surface area contributed by atoms with E-state index in [1.807, 2.05) is 54.6 Å². The Bertz CT molecular complexity index is 1250. The summed E-state index contributed by atoms with van der Waals surface area (Å²) in [4.78, 5) is 23.8. The van der Waals surface area contributed by atoms with E-state index >= 15 is 0 Å². The minimum atomic E-state index is -1.27. The van der Waals surface area contributed by atoms with Crippen LogP contribution in [0.5, 0.6) is 5.75 Å². The smallest absolute Gasteiger partial charge is 0.338 e. The quantitative estimate of drug-likeness (QED) is 0.233. The molecule has 0 aliphatic carbocycles. The molecule has 3 aromatic rings. The number of carbonyl (C=O) groups excluding carboxylic acids is 2. The summed E-state index contributed by atoms with van der Waals surface area (Å²) >= 11 is 0. The summed E-state index contributed by atoms with van der Waals surface area (Å²) in [5.74, 6) is -0.541. The molecule has 0 radical (unpaired) electrons. The highest BCUT2D eigenvalue weighted by atomic mass is 16.6. The maximum Gasteiger partial charge on any atom is 0.338 e. The van der Waals surface area contributed by atoms with Gasteiger partial charge in [-0.3, -0.25) is 0 Å². The molecule has 0 aromatic heterocycles. The van der Waals surface area contributed by atoms with Gasteiger partial charge in [-0.25, -0.2) is 9.59 Å². The molecular weight excluding hydrogens is 440 g/mol. The maximum absolute atomic E-state index is 12.1. The van der Waals surface area contributed by atoms with Crippen molar-refractivity contribution in [1.29, 1.82) is 0 Å². The van der Waals surface area contributed by atoms with Crippen LogP contribution < -0.4 is 4.74 Å². The van der Waals surface area contributed by atoms with Gasteiger partial charge in [-0.1, -0.05) is 67.8 Å². The third-order valence-electron chi connectivity index (χ3n) is 5.37. The van der Waals surface area contributed by atoms with E-state index in [1.165, 1.54) is 0 Å². The lowest BCUT2D eigenvalue weighted by atomic mass is 9.92. The van der Waals surface area contributed by atoms with Gasteiger partial charge in [0.05, 0.1) is 0 Å². The monoisotopic (exact) mass is 470 g/mol. The Morgan fingerprint density at radius 3 is 1.71 bits per heavy atom. The summed E-state index contributed by atoms with van der Waals surface area (Å²) in [5, 5.41) is 10.6. The molecule has 1 N–H and O–H groups in total. The molecule has 0 heterocycles. The number of rotatable bonds is 8. The van der Waals surface area contributed by atoms with Crippen LogP contribution in [0.1, 0.15) is 39.4 Å². The highest BCUT2D eigenvalue weighted by molar-refractivity contribution is 5.89. The van der Waals surface area contributed by atoms with Gasteiger partial charge in [0, 0.05) is 11.1 Å². The van der Waals surface area contributed by atoms with Crippen LogP contribution in [-0.2, 0) is 14.3 Å². The van der Waals surface area contributed by atoms with Crippen LogP contribution >= 0.6 is 0 Å². The van der Waals surface area contributed by atoms with Gasteiger partial charge in [-0.05, 0) is 73.7 Å². The van der Waals surface area contributed by atoms with Crippen molar-refractivity contribution in [3.05, 3.63) is 103 Å². The van der Waals surface area contributed by atoms with Crippen LogP contribution in [-0.4, -0.2) is 22.6 Å². The van der Waals surface area contributed by atoms with E-state index in [2.05, 4.69) is 19.2 Å². The second-order valence-electron chi connectivity index (χ2n) is 9.12. The molecule has 0 spiro atoms. The number of esters is 2. The van der Waals surface area contributed by atoms with Crippen molar-refractivity contribution in [2.75, 3.05) is 0 Å². The summed E-state index contributed by atoms with van der Waals surface area (Å²) in [6, 6.07) is 22.9. The predicted molar refractivity (Wildman–Crippen MR) is 138 cm³/mol. The van der Waals surface area contributed by atoms with Gasteiger partial charge in [0.25, 0.3) is 0 Å². The first-order valence-electron chi connectivity index (χ1n) is 11.2. The first kappa shape index (κ1) is 25.7. The van der Waals surface area contributed by atoms with E-state index in [1.54, 1.807) is 39.8 Å². The Kier molecular flexibility index (Phi) is 7.72. The lowest BCUT2D eigenvalue weighted by molar-refractivity contribution is -0.158. The van der Waals surface area contributed by atoms with Gasteiger partial charge in [0.1, 0.15) is 11.4 Å². The Morgan fingerprint density at radius 2 is 1.26 bits per heavy atom. The zero-order valence-corrected chi connectivity index (χ0v) is 20.5. The number of ether oxygens (including phenoxy) is 2. The summed E-state index contributed by atoms with van der Waals surface area (Å²) in [6.07, 6.45) is -0.829. The number of aliphatic hydroxyl groups is 1. The second kappa shape index (κ2) is 10.5. The number of carbonyl (C=O) groups is 2. The van der Waals surface area contributed by atoms with E-state index in [9.17, 15) is 14.7 Å². The van der Waals surface area contributed by atoms with E-state index in [0.29, 0.717) is 16.9 Å². The number of benzene rings is 3. The van der Waals surface area contributed by atoms with Crippen molar-refractivity contribution >= 4 is 11.9 Å². The molecule has 35 heavy (non-hydrogen) atoms. The van der Waals surface area contributed by atoms with Crippen LogP contribution in [0.3, 0.4) is 0 Å². The maximum atomic E-state index is 12.1. The molecule has 0 bridgehead atoms. The summed E-state index contributed by atoms with van der Waals surface area (Å²) < 4.78 is 10.8. The molecule has 0 fully saturated rings. The number of hydrogen-bond donors (Lipinski definition) is 1. The van der Waals surface area contributed by atoms with Crippen molar-refractivity contribution < 1.29 is 24.2 Å². The first-order chi connectivity index (χ1) is 16.5. The third kappa shape index (κ3) is 6.55. The Hall–Kier alpha value is -3.96. The molecule has 0 aliphatic heterocycles. The van der Waals surface area contributed by atoms with Gasteiger partial charge in [0.2, 0.25) is 0 Å². The van der Waals surface area contributed by atoms with Crippen LogP contribution in [0.25, 0.3) is 22.3 Å². The van der Waals surface area contributed by atoms with E-state index in [0.717, 1.165) is 22.3 Å². The lowest BCUT2D eigenvalue weighted by Gasteiger charge is -2.29. The number of hydrogen-bond acceptors (Lipinski definition) is 5. The molecular formula is C30H30O5. The molecule has 3 aromatic carbocycles. The summed E-state index contributed by atoms with van der Waals surface area (Å²) in [5.41, 5.74) is 4.00. The topological polar surface area (TPSA) is 72.8 Å². The van der Waals surface area contributed by atoms with Crippen LogP contribution in [0.4, 0.5) is 0 Å². The van der Waals surface area contributed by atoms with Crippen LogP contribution in [0, 0.1) is 0 Å². The highest BCUT2D eigenvalue weighted by Crippen LogP contribution is 2.33. The van der Waals surface area contributed by atoms with Crippen molar-refractivity contribution in [1.82, 2.24) is 0 Å². The second-order valence-corrected chi connectivity index (χ2v) is 9.12. The lowest BCUT2D eigenvalue weighted by Crippen LogP contribution is -2.32. The Balaban J connectivity index is 1.83. The van der Waals surface area contributed by atoms with Crippen molar-refractivity contribution in [2.45, 2.75) is 39.4 Å². The fourth-order valence-corrected chi connectivity index (χ4v) is 3.47. The molecule has 0 amide bonds. The zero-order valence-electron chi connectivity index (χ0n) is 20.5. The normalized spacial score (nSPS) is 11.9. The summed E-state index contributed by atoms with van der Waals surface area (Å²) in [7, 11) is 0. The predicted octanol–water partition coefficient (Wildman–Crippen LogP) is 6.43. The third-order valence-corrected chi connectivity index (χ3v) is 5.37. The standard InChI is InChI=1S/C30H30O5/c1-19(2)28(31)34-26-16-14-22(15-17-26)25-9-7-8-24(18-25)21-10-12-23(13-11-21)27(30(5,6)33)35-29(32)20(3)4/h7-18,27,33H,1,3H2,2,4-6H3. The Morgan fingerprint density at radius 1 is 0.771 bits per heavy atom. The van der Waals surface area contributed by atoms with Gasteiger partial charge in [-0.15, -0.1) is 0 Å². The molecule has 0 aliphatic rings. The zero-order chi connectivity index (χ0) is 25.8. The van der Waals surface area contributed by atoms with Crippen LogP contribution in [0.2, 0.25) is 0 Å². The van der Waals surface area contributed by atoms with Gasteiger partial charge in [0.15, 0.2) is 6.10 Å². The molecule has 1 atom stereocenters. The van der Waals surface area contributed by atoms with Crippen molar-refractivity contribution in [3.8, 4) is 28.0 Å². The van der Waals surface area contributed by atoms with Crippen molar-refractivity contribution in [2.24, 2.45) is 0 Å². The van der Waals surface area contributed by atoms with Crippen LogP contribution in [0.15, 0.2) is 97.1 Å². The molecule has 180 valence electrons. The average molecular weight is 471 g/mol. The minimum Gasteiger partial charge on any atom is -0.451 e. The van der Waals surface area contributed by atoms with E-state index in [4.69, 9.17) is 9.47 Å². The van der Waals surface area contributed by atoms with Gasteiger partial charge >= 0.3 is 11.9 Å². The average Bonchev–Trinajstić information content (AvgIpc) is 2.82. The fraction of sp³-hybridized carbons (Fsp3) is 0.200. The molecule has 0 saturated carbocycles. The SMILES string of the molecule is C=C(C)C(=O)Oc1ccc(-c2cccc(-c3ccc(C(OC(=O)C(=C)C)C(C)(C)O)cc3)c2)cc1. The highest BCUT2D eigenvalue weighted by Gasteiger charge is 2.32. The largest absolute Gasteiger partial charge is 0.451 e. The first-order valence-corrected chi connectivity index (χ1v) is 11.2. The molecule has 5 nitrogen and oxygen atoms in total. The van der Waals surface area contributed by atoms with Gasteiger partial charge in [-0.2, -0.15) is 0 Å². The summed E-state index contributed by atoms with van der Waals surface area (Å²) in [6.45, 7) is 13.6. The van der Waals surface area contributed by atoms with Gasteiger partial charge < -0.3 is 14.6 Å². The Labute approximate surface area is 206 Å². The molecule has 1 unspecified atom stereocenters. The molecule has 0 saturated heterocycles. The molecule has 5 heteroatoms. The van der Waals surface area contributed by atoms with E-state index < -0.39 is 23.6 Å². The van der Waals surface area contributed by atoms with Crippen molar-refractivity contribution in [3.63, 3.8) is 0 Å². The fourth-order valence-electron chi connectivity index (χ4n) is 3.47. The van der Waals surface area contributed by atoms with E-state index in [-0.39, 0.29) is 5.57 Å².